The molecular formula is C10H11BrFNS. The maximum Gasteiger partial charge on any atom is 0.138 e. The van der Waals surface area contributed by atoms with Crippen molar-refractivity contribution in [3.05, 3.63) is 22.4 Å². The Bertz CT molecular complexity index is 356. The van der Waals surface area contributed by atoms with Crippen molar-refractivity contribution in [3.63, 3.8) is 0 Å². The van der Waals surface area contributed by atoms with Crippen LogP contribution in [0.3, 0.4) is 0 Å². The normalized spacial score (nSPS) is 20.1. The molecule has 0 spiro atoms. The molecule has 1 aliphatic rings. The summed E-state index contributed by atoms with van der Waals surface area (Å²) < 4.78 is 13.8. The molecule has 1 atom stereocenters. The topological polar surface area (TPSA) is 12.0 Å². The van der Waals surface area contributed by atoms with Crippen LogP contribution in [-0.4, -0.2) is 11.8 Å². The first-order valence-electron chi connectivity index (χ1n) is 4.60. The fourth-order valence-corrected chi connectivity index (χ4v) is 2.90. The van der Waals surface area contributed by atoms with Crippen LogP contribution < -0.4 is 5.32 Å². The number of anilines is 1. The van der Waals surface area contributed by atoms with Crippen molar-refractivity contribution in [1.29, 1.82) is 0 Å². The van der Waals surface area contributed by atoms with Gasteiger partial charge in [0.15, 0.2) is 0 Å². The third-order valence-electron chi connectivity index (χ3n) is 2.29. The zero-order chi connectivity index (χ0) is 10.1. The Morgan fingerprint density at radius 2 is 2.43 bits per heavy atom. The van der Waals surface area contributed by atoms with Gasteiger partial charge in [0, 0.05) is 22.4 Å². The van der Waals surface area contributed by atoms with Gasteiger partial charge in [0.05, 0.1) is 4.47 Å². The summed E-state index contributed by atoms with van der Waals surface area (Å²) in [6.07, 6.45) is 1.11. The van der Waals surface area contributed by atoms with E-state index in [-0.39, 0.29) is 5.82 Å². The maximum atomic E-state index is 13.2. The molecule has 1 aromatic rings. The Morgan fingerprint density at radius 1 is 1.64 bits per heavy atom. The van der Waals surface area contributed by atoms with E-state index >= 15 is 0 Å². The molecule has 1 N–H and O–H groups in total. The molecular weight excluding hydrogens is 265 g/mol. The van der Waals surface area contributed by atoms with E-state index in [1.807, 2.05) is 6.07 Å². The molecule has 14 heavy (non-hydrogen) atoms. The second kappa shape index (κ2) is 4.11. The number of thioether (sulfide) groups is 1. The summed E-state index contributed by atoms with van der Waals surface area (Å²) in [5.74, 6) is -0.185. The van der Waals surface area contributed by atoms with Gasteiger partial charge in [-0.05, 0) is 34.5 Å². The van der Waals surface area contributed by atoms with E-state index in [1.54, 1.807) is 17.8 Å². The van der Waals surface area contributed by atoms with Gasteiger partial charge in [0.1, 0.15) is 5.82 Å². The lowest BCUT2D eigenvalue weighted by Gasteiger charge is -2.24. The fourth-order valence-electron chi connectivity index (χ4n) is 1.44. The standard InChI is InChI=1S/C10H11BrFNS/c1-2-6-5-13-9-3-7(11)8(12)4-10(9)14-6/h3-4,6,13H,2,5H2,1H3. The fraction of sp³-hybridized carbons (Fsp3) is 0.400. The van der Waals surface area contributed by atoms with Gasteiger partial charge in [-0.3, -0.25) is 0 Å². The Labute approximate surface area is 95.6 Å². The van der Waals surface area contributed by atoms with Crippen molar-refractivity contribution < 1.29 is 4.39 Å². The minimum absolute atomic E-state index is 0.185. The second-order valence-corrected chi connectivity index (χ2v) is 5.49. The minimum atomic E-state index is -0.185. The average Bonchev–Trinajstić information content (AvgIpc) is 2.19. The smallest absolute Gasteiger partial charge is 0.138 e. The second-order valence-electron chi connectivity index (χ2n) is 3.29. The molecule has 0 amide bonds. The molecule has 1 heterocycles. The van der Waals surface area contributed by atoms with Crippen LogP contribution in [0.5, 0.6) is 0 Å². The van der Waals surface area contributed by atoms with E-state index in [2.05, 4.69) is 28.2 Å². The third kappa shape index (κ3) is 1.91. The van der Waals surface area contributed by atoms with Gasteiger partial charge < -0.3 is 5.32 Å². The third-order valence-corrected chi connectivity index (χ3v) is 4.32. The number of halogens is 2. The molecule has 1 aliphatic heterocycles. The first-order valence-corrected chi connectivity index (χ1v) is 6.27. The lowest BCUT2D eigenvalue weighted by Crippen LogP contribution is -2.20. The highest BCUT2D eigenvalue weighted by atomic mass is 79.9. The van der Waals surface area contributed by atoms with Crippen LogP contribution in [0.25, 0.3) is 0 Å². The first-order chi connectivity index (χ1) is 6.70. The summed E-state index contributed by atoms with van der Waals surface area (Å²) >= 11 is 4.94. The highest BCUT2D eigenvalue weighted by molar-refractivity contribution is 9.10. The van der Waals surface area contributed by atoms with Crippen molar-refractivity contribution in [2.45, 2.75) is 23.5 Å². The quantitative estimate of drug-likeness (QED) is 0.835. The summed E-state index contributed by atoms with van der Waals surface area (Å²) in [6.45, 7) is 3.12. The molecule has 0 aromatic heterocycles. The van der Waals surface area contributed by atoms with E-state index in [0.29, 0.717) is 9.72 Å². The Hall–Kier alpha value is -0.220. The molecule has 0 saturated carbocycles. The lowest BCUT2D eigenvalue weighted by molar-refractivity contribution is 0.617. The molecule has 0 aliphatic carbocycles. The van der Waals surface area contributed by atoms with Gasteiger partial charge in [-0.25, -0.2) is 4.39 Å². The van der Waals surface area contributed by atoms with Crippen molar-refractivity contribution in [2.75, 3.05) is 11.9 Å². The van der Waals surface area contributed by atoms with Crippen LogP contribution >= 0.6 is 27.7 Å². The van der Waals surface area contributed by atoms with Crippen molar-refractivity contribution in [3.8, 4) is 0 Å². The summed E-state index contributed by atoms with van der Waals surface area (Å²) in [5, 5.41) is 3.87. The predicted octanol–water partition coefficient (Wildman–Crippen LogP) is 3.88. The predicted molar refractivity (Wildman–Crippen MR) is 62.5 cm³/mol. The molecule has 1 nitrogen and oxygen atoms in total. The van der Waals surface area contributed by atoms with Crippen LogP contribution in [0.4, 0.5) is 10.1 Å². The number of nitrogens with one attached hydrogen (secondary N) is 1. The number of hydrogen-bond acceptors (Lipinski definition) is 2. The number of hydrogen-bond donors (Lipinski definition) is 1. The Morgan fingerprint density at radius 3 is 3.14 bits per heavy atom. The van der Waals surface area contributed by atoms with Gasteiger partial charge in [-0.2, -0.15) is 0 Å². The van der Waals surface area contributed by atoms with Gasteiger partial charge in [-0.1, -0.05) is 6.92 Å². The Kier molecular flexibility index (Phi) is 3.02. The van der Waals surface area contributed by atoms with Gasteiger partial charge in [-0.15, -0.1) is 11.8 Å². The highest BCUT2D eigenvalue weighted by Gasteiger charge is 2.18. The molecule has 0 fully saturated rings. The molecule has 0 saturated heterocycles. The monoisotopic (exact) mass is 275 g/mol. The van der Waals surface area contributed by atoms with Crippen LogP contribution in [0.1, 0.15) is 13.3 Å². The number of fused-ring (bicyclic) bond motifs is 1. The van der Waals surface area contributed by atoms with Crippen molar-refractivity contribution in [1.82, 2.24) is 0 Å². The summed E-state index contributed by atoms with van der Waals surface area (Å²) in [6, 6.07) is 3.41. The van der Waals surface area contributed by atoms with Crippen molar-refractivity contribution >= 4 is 33.4 Å². The number of benzene rings is 1. The molecule has 76 valence electrons. The summed E-state index contributed by atoms with van der Waals surface area (Å²) in [5.41, 5.74) is 1.04. The first kappa shape index (κ1) is 10.3. The molecule has 1 aromatic carbocycles. The van der Waals surface area contributed by atoms with E-state index in [0.717, 1.165) is 23.5 Å². The minimum Gasteiger partial charge on any atom is -0.383 e. The average molecular weight is 276 g/mol. The maximum absolute atomic E-state index is 13.2. The van der Waals surface area contributed by atoms with Gasteiger partial charge in [0.2, 0.25) is 0 Å². The zero-order valence-corrected chi connectivity index (χ0v) is 10.2. The van der Waals surface area contributed by atoms with Gasteiger partial charge in [0.25, 0.3) is 0 Å². The Balaban J connectivity index is 2.33. The van der Waals surface area contributed by atoms with E-state index in [1.165, 1.54) is 0 Å². The van der Waals surface area contributed by atoms with Gasteiger partial charge >= 0.3 is 0 Å². The summed E-state index contributed by atoms with van der Waals surface area (Å²) in [4.78, 5) is 1.02. The summed E-state index contributed by atoms with van der Waals surface area (Å²) in [7, 11) is 0. The molecule has 4 heteroatoms. The number of rotatable bonds is 1. The zero-order valence-electron chi connectivity index (χ0n) is 7.81. The van der Waals surface area contributed by atoms with Crippen LogP contribution in [0.2, 0.25) is 0 Å². The van der Waals surface area contributed by atoms with Crippen LogP contribution in [0.15, 0.2) is 21.5 Å². The van der Waals surface area contributed by atoms with E-state index in [9.17, 15) is 4.39 Å². The molecule has 0 radical (unpaired) electrons. The lowest BCUT2D eigenvalue weighted by atomic mass is 10.2. The van der Waals surface area contributed by atoms with Crippen LogP contribution in [-0.2, 0) is 0 Å². The van der Waals surface area contributed by atoms with Crippen molar-refractivity contribution in [2.24, 2.45) is 0 Å². The largest absolute Gasteiger partial charge is 0.383 e. The van der Waals surface area contributed by atoms with Crippen LogP contribution in [0, 0.1) is 5.82 Å². The molecule has 0 bridgehead atoms. The highest BCUT2D eigenvalue weighted by Crippen LogP contribution is 2.38. The SMILES string of the molecule is CCC1CNc2cc(Br)c(F)cc2S1. The van der Waals surface area contributed by atoms with E-state index < -0.39 is 0 Å². The molecule has 2 rings (SSSR count). The molecule has 1 unspecified atom stereocenters. The van der Waals surface area contributed by atoms with E-state index in [4.69, 9.17) is 0 Å².